The normalized spacial score (nSPS) is 11.4. The average Bonchev–Trinajstić information content (AvgIpc) is 2.57. The van der Waals surface area contributed by atoms with Gasteiger partial charge >= 0.3 is 0 Å². The Morgan fingerprint density at radius 3 is 2.20 bits per heavy atom. The number of hydrogen-bond donors (Lipinski definition) is 4. The standard InChI is InChI=1S/C16H16N6O2S/c1-11-2-4-13(5-3-11)22-25(23,24)14-8-6-12(7-9-14)20-21-15(10-17)16(18)19/h2-9,20,22H,1H3,(H3,18,19)/b21-15+. The number of sulfonamides is 1. The molecule has 2 rings (SSSR count). The molecule has 0 saturated carbocycles. The van der Waals surface area contributed by atoms with E-state index in [1.54, 1.807) is 18.2 Å². The molecule has 5 N–H and O–H groups in total. The van der Waals surface area contributed by atoms with Crippen molar-refractivity contribution >= 4 is 32.9 Å². The minimum Gasteiger partial charge on any atom is -0.382 e. The summed E-state index contributed by atoms with van der Waals surface area (Å²) in [6.07, 6.45) is 0. The second kappa shape index (κ2) is 7.46. The maximum atomic E-state index is 12.4. The van der Waals surface area contributed by atoms with Crippen LogP contribution in [0.15, 0.2) is 58.5 Å². The van der Waals surface area contributed by atoms with Crippen LogP contribution in [0.5, 0.6) is 0 Å². The number of anilines is 2. The molecule has 0 aromatic heterocycles. The summed E-state index contributed by atoms with van der Waals surface area (Å²) in [5.74, 6) is -0.462. The molecule has 0 radical (unpaired) electrons. The average molecular weight is 356 g/mol. The van der Waals surface area contributed by atoms with Crippen molar-refractivity contribution < 1.29 is 8.42 Å². The van der Waals surface area contributed by atoms with Gasteiger partial charge in [0.25, 0.3) is 10.0 Å². The van der Waals surface area contributed by atoms with E-state index in [1.807, 2.05) is 19.1 Å². The molecule has 0 aliphatic heterocycles. The third-order valence-electron chi connectivity index (χ3n) is 3.13. The lowest BCUT2D eigenvalue weighted by Gasteiger charge is -2.09. The number of nitrogens with one attached hydrogen (secondary N) is 3. The van der Waals surface area contributed by atoms with E-state index in [-0.39, 0.29) is 10.6 Å². The van der Waals surface area contributed by atoms with Gasteiger partial charge in [-0.2, -0.15) is 10.4 Å². The fraction of sp³-hybridized carbons (Fsp3) is 0.0625. The van der Waals surface area contributed by atoms with Crippen LogP contribution in [0.3, 0.4) is 0 Å². The van der Waals surface area contributed by atoms with Crippen LogP contribution >= 0.6 is 0 Å². The summed E-state index contributed by atoms with van der Waals surface area (Å²) < 4.78 is 27.2. The first-order chi connectivity index (χ1) is 11.8. The summed E-state index contributed by atoms with van der Waals surface area (Å²) in [5.41, 5.74) is 9.40. The largest absolute Gasteiger partial charge is 0.382 e. The van der Waals surface area contributed by atoms with Gasteiger partial charge in [-0.1, -0.05) is 17.7 Å². The molecule has 0 fully saturated rings. The number of rotatable bonds is 6. The Kier molecular flexibility index (Phi) is 5.36. The van der Waals surface area contributed by atoms with E-state index in [4.69, 9.17) is 16.4 Å². The van der Waals surface area contributed by atoms with Crippen LogP contribution in [-0.4, -0.2) is 20.0 Å². The van der Waals surface area contributed by atoms with Crippen molar-refractivity contribution in [2.24, 2.45) is 10.8 Å². The lowest BCUT2D eigenvalue weighted by Crippen LogP contribution is -2.21. The van der Waals surface area contributed by atoms with Gasteiger partial charge in [0.2, 0.25) is 5.71 Å². The van der Waals surface area contributed by atoms with E-state index in [0.717, 1.165) is 5.56 Å². The summed E-state index contributed by atoms with van der Waals surface area (Å²) in [6, 6.07) is 14.4. The molecule has 0 unspecified atom stereocenters. The van der Waals surface area contributed by atoms with Crippen LogP contribution in [0.25, 0.3) is 0 Å². The Balaban J connectivity index is 2.14. The van der Waals surface area contributed by atoms with Crippen LogP contribution in [0, 0.1) is 23.7 Å². The Labute approximate surface area is 145 Å². The van der Waals surface area contributed by atoms with Crippen molar-refractivity contribution in [2.45, 2.75) is 11.8 Å². The molecule has 9 heteroatoms. The van der Waals surface area contributed by atoms with Gasteiger partial charge < -0.3 is 5.73 Å². The minimum atomic E-state index is -3.71. The van der Waals surface area contributed by atoms with E-state index in [1.165, 1.54) is 24.3 Å². The van der Waals surface area contributed by atoms with Crippen LogP contribution < -0.4 is 15.9 Å². The molecule has 2 aromatic carbocycles. The van der Waals surface area contributed by atoms with E-state index >= 15 is 0 Å². The first kappa shape index (κ1) is 18.0. The molecule has 0 heterocycles. The third-order valence-corrected chi connectivity index (χ3v) is 4.52. The maximum Gasteiger partial charge on any atom is 0.261 e. The second-order valence-electron chi connectivity index (χ2n) is 5.09. The zero-order valence-corrected chi connectivity index (χ0v) is 14.1. The van der Waals surface area contributed by atoms with Crippen LogP contribution in [0.4, 0.5) is 11.4 Å². The van der Waals surface area contributed by atoms with Gasteiger partial charge in [0.05, 0.1) is 10.6 Å². The molecule has 8 nitrogen and oxygen atoms in total. The summed E-state index contributed by atoms with van der Waals surface area (Å²) >= 11 is 0. The number of nitriles is 1. The lowest BCUT2D eigenvalue weighted by molar-refractivity contribution is 0.601. The number of nitrogens with two attached hydrogens (primary N) is 1. The van der Waals surface area contributed by atoms with Gasteiger partial charge in [-0.25, -0.2) is 8.42 Å². The number of amidine groups is 1. The predicted molar refractivity (Wildman–Crippen MR) is 97.0 cm³/mol. The first-order valence-electron chi connectivity index (χ1n) is 7.09. The molecule has 0 bridgehead atoms. The van der Waals surface area contributed by atoms with Crippen LogP contribution in [0.2, 0.25) is 0 Å². The summed E-state index contributed by atoms with van der Waals surface area (Å²) in [6.45, 7) is 1.91. The predicted octanol–water partition coefficient (Wildman–Crippen LogP) is 2.02. The van der Waals surface area contributed by atoms with Crippen LogP contribution in [0.1, 0.15) is 5.56 Å². The molecule has 0 saturated heterocycles. The van der Waals surface area contributed by atoms with Gasteiger partial charge in [-0.15, -0.1) is 0 Å². The van der Waals surface area contributed by atoms with E-state index in [2.05, 4.69) is 15.2 Å². The zero-order valence-electron chi connectivity index (χ0n) is 13.3. The molecule has 0 atom stereocenters. The molecular weight excluding hydrogens is 340 g/mol. The quantitative estimate of drug-likeness (QED) is 0.355. The Hall–Kier alpha value is -3.38. The number of benzene rings is 2. The van der Waals surface area contributed by atoms with E-state index in [9.17, 15) is 8.42 Å². The molecule has 2 aromatic rings. The third kappa shape index (κ3) is 4.79. The summed E-state index contributed by atoms with van der Waals surface area (Å²) in [7, 11) is -3.71. The molecule has 25 heavy (non-hydrogen) atoms. The molecular formula is C16H16N6O2S. The SMILES string of the molecule is Cc1ccc(NS(=O)(=O)c2ccc(N/N=C(\C#N)C(=N)N)cc2)cc1. The number of hydrogen-bond acceptors (Lipinski definition) is 6. The van der Waals surface area contributed by atoms with Crippen molar-refractivity contribution in [2.75, 3.05) is 10.1 Å². The highest BCUT2D eigenvalue weighted by Gasteiger charge is 2.14. The Morgan fingerprint density at radius 2 is 1.68 bits per heavy atom. The van der Waals surface area contributed by atoms with Gasteiger partial charge in [0, 0.05) is 5.69 Å². The topological polar surface area (TPSA) is 144 Å². The monoisotopic (exact) mass is 356 g/mol. The lowest BCUT2D eigenvalue weighted by atomic mass is 10.2. The molecule has 128 valence electrons. The van der Waals surface area contributed by atoms with Crippen LogP contribution in [-0.2, 0) is 10.0 Å². The molecule has 0 aliphatic rings. The number of hydrazone groups is 1. The van der Waals surface area contributed by atoms with Gasteiger partial charge in [0.1, 0.15) is 6.07 Å². The fourth-order valence-electron chi connectivity index (χ4n) is 1.81. The van der Waals surface area contributed by atoms with E-state index < -0.39 is 15.9 Å². The highest BCUT2D eigenvalue weighted by molar-refractivity contribution is 7.92. The molecule has 0 spiro atoms. The van der Waals surface area contributed by atoms with Crippen molar-refractivity contribution in [1.29, 1.82) is 10.7 Å². The Bertz CT molecular complexity index is 942. The van der Waals surface area contributed by atoms with Gasteiger partial charge in [0.15, 0.2) is 5.84 Å². The van der Waals surface area contributed by atoms with Gasteiger partial charge in [-0.05, 0) is 43.3 Å². The smallest absolute Gasteiger partial charge is 0.261 e. The summed E-state index contributed by atoms with van der Waals surface area (Å²) in [5, 5.41) is 19.6. The van der Waals surface area contributed by atoms with E-state index in [0.29, 0.717) is 11.4 Å². The van der Waals surface area contributed by atoms with Crippen molar-refractivity contribution in [3.05, 3.63) is 54.1 Å². The van der Waals surface area contributed by atoms with Gasteiger partial charge in [-0.3, -0.25) is 15.6 Å². The molecule has 0 aliphatic carbocycles. The minimum absolute atomic E-state index is 0.0784. The Morgan fingerprint density at radius 1 is 1.12 bits per heavy atom. The summed E-state index contributed by atoms with van der Waals surface area (Å²) in [4.78, 5) is 0.0784. The zero-order chi connectivity index (χ0) is 18.4. The first-order valence-corrected chi connectivity index (χ1v) is 8.58. The van der Waals surface area contributed by atoms with Crippen molar-refractivity contribution in [3.8, 4) is 6.07 Å². The fourth-order valence-corrected chi connectivity index (χ4v) is 2.87. The number of aryl methyl sites for hydroxylation is 1. The van der Waals surface area contributed by atoms with Crippen molar-refractivity contribution in [3.63, 3.8) is 0 Å². The highest BCUT2D eigenvalue weighted by atomic mass is 32.2. The van der Waals surface area contributed by atoms with Crippen molar-refractivity contribution in [1.82, 2.24) is 0 Å². The maximum absolute atomic E-state index is 12.4. The molecule has 0 amide bonds. The highest BCUT2D eigenvalue weighted by Crippen LogP contribution is 2.18. The second-order valence-corrected chi connectivity index (χ2v) is 6.78. The number of nitrogens with zero attached hydrogens (tertiary/aromatic N) is 2.